The molecular formula is C7H13N5OS. The van der Waals surface area contributed by atoms with Crippen LogP contribution in [0.5, 0.6) is 0 Å². The molecule has 14 heavy (non-hydrogen) atoms. The number of carbonyl (C=O) groups is 1. The Labute approximate surface area is 86.3 Å². The summed E-state index contributed by atoms with van der Waals surface area (Å²) in [6, 6.07) is -0.0935. The second-order valence-electron chi connectivity index (χ2n) is 2.80. The molecule has 0 atom stereocenters. The third-order valence-corrected chi connectivity index (χ3v) is 2.09. The minimum Gasteiger partial charge on any atom is -0.358 e. The van der Waals surface area contributed by atoms with Crippen LogP contribution in [0.3, 0.4) is 0 Å². The Hall–Kier alpha value is -1.37. The van der Waals surface area contributed by atoms with Crippen LogP contribution < -0.4 is 10.6 Å². The van der Waals surface area contributed by atoms with E-state index in [1.807, 2.05) is 0 Å². The summed E-state index contributed by atoms with van der Waals surface area (Å²) in [5.74, 6) is 0. The van der Waals surface area contributed by atoms with E-state index in [0.717, 1.165) is 5.13 Å². The van der Waals surface area contributed by atoms with E-state index in [9.17, 15) is 4.79 Å². The molecule has 2 amide bonds. The molecule has 0 spiro atoms. The van der Waals surface area contributed by atoms with Gasteiger partial charge in [-0.1, -0.05) is 11.3 Å². The number of hydrogen-bond donors (Lipinski definition) is 2. The number of anilines is 1. The summed E-state index contributed by atoms with van der Waals surface area (Å²) in [7, 11) is 3.40. The van der Waals surface area contributed by atoms with Crippen molar-refractivity contribution < 1.29 is 4.79 Å². The first-order valence-corrected chi connectivity index (χ1v) is 5.03. The molecule has 0 radical (unpaired) electrons. The molecule has 0 aromatic carbocycles. The lowest BCUT2D eigenvalue weighted by atomic mass is 10.6. The largest absolute Gasteiger partial charge is 0.358 e. The van der Waals surface area contributed by atoms with Gasteiger partial charge in [0.1, 0.15) is 5.51 Å². The molecule has 1 heterocycles. The molecule has 1 aromatic rings. The van der Waals surface area contributed by atoms with Gasteiger partial charge in [-0.15, -0.1) is 10.2 Å². The van der Waals surface area contributed by atoms with Crippen LogP contribution in [0, 0.1) is 0 Å². The number of carbonyl (C=O) groups excluding carboxylic acids is 1. The van der Waals surface area contributed by atoms with Crippen molar-refractivity contribution in [2.75, 3.05) is 32.5 Å². The molecule has 78 valence electrons. The molecule has 1 rings (SSSR count). The van der Waals surface area contributed by atoms with Crippen LogP contribution in [-0.4, -0.2) is 48.3 Å². The van der Waals surface area contributed by atoms with Gasteiger partial charge in [0.25, 0.3) is 0 Å². The van der Waals surface area contributed by atoms with Crippen LogP contribution in [0.25, 0.3) is 0 Å². The Morgan fingerprint density at radius 2 is 2.36 bits per heavy atom. The first kappa shape index (κ1) is 10.7. The van der Waals surface area contributed by atoms with Gasteiger partial charge >= 0.3 is 6.03 Å². The van der Waals surface area contributed by atoms with E-state index < -0.39 is 0 Å². The zero-order valence-electron chi connectivity index (χ0n) is 8.15. The summed E-state index contributed by atoms with van der Waals surface area (Å²) in [6.07, 6.45) is 0. The van der Waals surface area contributed by atoms with Crippen LogP contribution in [0.1, 0.15) is 0 Å². The van der Waals surface area contributed by atoms with Gasteiger partial charge in [0.15, 0.2) is 0 Å². The van der Waals surface area contributed by atoms with Crippen molar-refractivity contribution in [3.8, 4) is 0 Å². The van der Waals surface area contributed by atoms with Gasteiger partial charge in [-0.3, -0.25) is 0 Å². The summed E-state index contributed by atoms with van der Waals surface area (Å²) in [6.45, 7) is 1.21. The number of nitrogens with zero attached hydrogens (tertiary/aromatic N) is 3. The SMILES string of the molecule is CN(C)C(=O)NCCNc1nncs1. The maximum absolute atomic E-state index is 11.1. The van der Waals surface area contributed by atoms with Crippen LogP contribution >= 0.6 is 11.3 Å². The summed E-state index contributed by atoms with van der Waals surface area (Å²) in [5.41, 5.74) is 1.65. The summed E-state index contributed by atoms with van der Waals surface area (Å²) in [4.78, 5) is 12.6. The highest BCUT2D eigenvalue weighted by Crippen LogP contribution is 2.06. The highest BCUT2D eigenvalue weighted by molar-refractivity contribution is 7.13. The Bertz CT molecular complexity index is 274. The van der Waals surface area contributed by atoms with E-state index in [-0.39, 0.29) is 6.03 Å². The highest BCUT2D eigenvalue weighted by atomic mass is 32.1. The Balaban J connectivity index is 2.08. The minimum atomic E-state index is -0.0935. The molecule has 0 saturated heterocycles. The van der Waals surface area contributed by atoms with E-state index in [1.165, 1.54) is 16.2 Å². The number of hydrogen-bond acceptors (Lipinski definition) is 5. The van der Waals surface area contributed by atoms with Crippen LogP contribution in [-0.2, 0) is 0 Å². The van der Waals surface area contributed by atoms with Crippen molar-refractivity contribution in [1.29, 1.82) is 0 Å². The second-order valence-corrected chi connectivity index (χ2v) is 3.63. The van der Waals surface area contributed by atoms with E-state index in [1.54, 1.807) is 19.6 Å². The average molecular weight is 215 g/mol. The third-order valence-electron chi connectivity index (χ3n) is 1.44. The van der Waals surface area contributed by atoms with Crippen molar-refractivity contribution in [2.45, 2.75) is 0 Å². The highest BCUT2D eigenvalue weighted by Gasteiger charge is 2.00. The van der Waals surface area contributed by atoms with E-state index >= 15 is 0 Å². The minimum absolute atomic E-state index is 0.0935. The second kappa shape index (κ2) is 5.38. The molecular weight excluding hydrogens is 202 g/mol. The van der Waals surface area contributed by atoms with Gasteiger partial charge in [0, 0.05) is 27.2 Å². The Morgan fingerprint density at radius 3 is 2.93 bits per heavy atom. The Kier molecular flexibility index (Phi) is 4.11. The standard InChI is InChI=1S/C7H13N5OS/c1-12(2)7(13)9-4-3-8-6-11-10-5-14-6/h5H,3-4H2,1-2H3,(H,8,11)(H,9,13). The van der Waals surface area contributed by atoms with Gasteiger partial charge < -0.3 is 15.5 Å². The number of aromatic nitrogens is 2. The molecule has 2 N–H and O–H groups in total. The molecule has 6 nitrogen and oxygen atoms in total. The van der Waals surface area contributed by atoms with Crippen LogP contribution in [0.15, 0.2) is 5.51 Å². The topological polar surface area (TPSA) is 70.2 Å². The van der Waals surface area contributed by atoms with Gasteiger partial charge in [0.2, 0.25) is 5.13 Å². The van der Waals surface area contributed by atoms with Crippen molar-refractivity contribution >= 4 is 22.5 Å². The predicted octanol–water partition coefficient (Wildman–Crippen LogP) is 0.221. The fourth-order valence-electron chi connectivity index (χ4n) is 0.747. The zero-order valence-corrected chi connectivity index (χ0v) is 8.97. The Morgan fingerprint density at radius 1 is 1.57 bits per heavy atom. The molecule has 0 unspecified atom stereocenters. The van der Waals surface area contributed by atoms with Crippen LogP contribution in [0.2, 0.25) is 0 Å². The number of amides is 2. The smallest absolute Gasteiger partial charge is 0.316 e. The fraction of sp³-hybridized carbons (Fsp3) is 0.571. The maximum atomic E-state index is 11.1. The first-order chi connectivity index (χ1) is 6.70. The van der Waals surface area contributed by atoms with E-state index in [0.29, 0.717) is 13.1 Å². The molecule has 7 heteroatoms. The van der Waals surface area contributed by atoms with E-state index in [2.05, 4.69) is 20.8 Å². The van der Waals surface area contributed by atoms with Crippen LogP contribution in [0.4, 0.5) is 9.93 Å². The van der Waals surface area contributed by atoms with Crippen molar-refractivity contribution in [2.24, 2.45) is 0 Å². The lowest BCUT2D eigenvalue weighted by molar-refractivity contribution is 0.218. The predicted molar refractivity (Wildman–Crippen MR) is 55.5 cm³/mol. The van der Waals surface area contributed by atoms with Gasteiger partial charge in [0.05, 0.1) is 0 Å². The first-order valence-electron chi connectivity index (χ1n) is 4.15. The summed E-state index contributed by atoms with van der Waals surface area (Å²) < 4.78 is 0. The zero-order chi connectivity index (χ0) is 10.4. The van der Waals surface area contributed by atoms with Crippen molar-refractivity contribution in [3.05, 3.63) is 5.51 Å². The molecule has 0 saturated carbocycles. The molecule has 0 fully saturated rings. The molecule has 1 aromatic heterocycles. The van der Waals surface area contributed by atoms with Crippen molar-refractivity contribution in [1.82, 2.24) is 20.4 Å². The van der Waals surface area contributed by atoms with Gasteiger partial charge in [-0.25, -0.2) is 4.79 Å². The number of nitrogens with one attached hydrogen (secondary N) is 2. The molecule has 0 aliphatic carbocycles. The molecule has 0 bridgehead atoms. The van der Waals surface area contributed by atoms with Gasteiger partial charge in [-0.05, 0) is 0 Å². The third kappa shape index (κ3) is 3.56. The quantitative estimate of drug-likeness (QED) is 0.705. The molecule has 0 aliphatic rings. The van der Waals surface area contributed by atoms with Gasteiger partial charge in [-0.2, -0.15) is 0 Å². The lowest BCUT2D eigenvalue weighted by Gasteiger charge is -2.11. The number of rotatable bonds is 4. The summed E-state index contributed by atoms with van der Waals surface area (Å²) >= 11 is 1.43. The number of urea groups is 1. The lowest BCUT2D eigenvalue weighted by Crippen LogP contribution is -2.37. The average Bonchev–Trinajstić information content (AvgIpc) is 2.64. The summed E-state index contributed by atoms with van der Waals surface area (Å²) in [5, 5.41) is 14.0. The normalized spacial score (nSPS) is 9.57. The monoisotopic (exact) mass is 215 g/mol. The fourth-order valence-corrected chi connectivity index (χ4v) is 1.22. The van der Waals surface area contributed by atoms with E-state index in [4.69, 9.17) is 0 Å². The molecule has 0 aliphatic heterocycles. The maximum Gasteiger partial charge on any atom is 0.316 e. The van der Waals surface area contributed by atoms with Crippen molar-refractivity contribution in [3.63, 3.8) is 0 Å².